The zero-order valence-corrected chi connectivity index (χ0v) is 11.7. The molecule has 0 saturated carbocycles. The number of aryl methyl sites for hydroxylation is 1. The lowest BCUT2D eigenvalue weighted by Gasteiger charge is -2.10. The minimum atomic E-state index is 0.0567. The van der Waals surface area contributed by atoms with Crippen molar-refractivity contribution in [1.29, 1.82) is 0 Å². The van der Waals surface area contributed by atoms with Crippen LogP contribution in [0.1, 0.15) is 18.9 Å². The quantitative estimate of drug-likeness (QED) is 0.837. The summed E-state index contributed by atoms with van der Waals surface area (Å²) in [6.45, 7) is 3.63. The second-order valence-electron chi connectivity index (χ2n) is 4.64. The van der Waals surface area contributed by atoms with E-state index in [4.69, 9.17) is 4.74 Å². The van der Waals surface area contributed by atoms with Gasteiger partial charge in [0.2, 0.25) is 0 Å². The summed E-state index contributed by atoms with van der Waals surface area (Å²) < 4.78 is 6.92. The molecule has 2 rings (SSSR count). The number of benzene rings is 1. The minimum absolute atomic E-state index is 0.0567. The van der Waals surface area contributed by atoms with Gasteiger partial charge in [-0.1, -0.05) is 6.92 Å². The Bertz CT molecular complexity index is 632. The lowest BCUT2D eigenvalue weighted by molar-refractivity contribution is 0.415. The van der Waals surface area contributed by atoms with Gasteiger partial charge in [0, 0.05) is 24.5 Å². The third-order valence-electron chi connectivity index (χ3n) is 3.25. The van der Waals surface area contributed by atoms with Gasteiger partial charge in [-0.2, -0.15) is 0 Å². The van der Waals surface area contributed by atoms with Crippen LogP contribution in [-0.2, 0) is 13.6 Å². The fourth-order valence-corrected chi connectivity index (χ4v) is 2.18. The van der Waals surface area contributed by atoms with E-state index in [0.717, 1.165) is 35.2 Å². The molecular formula is C15H20N2O2. The average molecular weight is 260 g/mol. The molecule has 102 valence electrons. The Morgan fingerprint density at radius 2 is 2.11 bits per heavy atom. The fraction of sp³-hybridized carbons (Fsp3) is 0.400. The van der Waals surface area contributed by atoms with E-state index in [1.54, 1.807) is 18.7 Å². The number of fused-ring (bicyclic) bond motifs is 1. The largest absolute Gasteiger partial charge is 0.497 e. The van der Waals surface area contributed by atoms with Gasteiger partial charge in [0.25, 0.3) is 5.56 Å². The third-order valence-corrected chi connectivity index (χ3v) is 3.25. The molecule has 0 fully saturated rings. The number of ether oxygens (including phenoxy) is 1. The molecule has 0 aliphatic carbocycles. The molecule has 0 spiro atoms. The molecule has 0 amide bonds. The smallest absolute Gasteiger partial charge is 0.255 e. The van der Waals surface area contributed by atoms with Crippen LogP contribution in [0, 0.1) is 0 Å². The zero-order valence-electron chi connectivity index (χ0n) is 11.7. The summed E-state index contributed by atoms with van der Waals surface area (Å²) in [6, 6.07) is 7.69. The van der Waals surface area contributed by atoms with Crippen LogP contribution >= 0.6 is 0 Å². The maximum absolute atomic E-state index is 12.2. The maximum atomic E-state index is 12.2. The molecule has 0 saturated heterocycles. The number of nitrogens with one attached hydrogen (secondary N) is 1. The van der Waals surface area contributed by atoms with Gasteiger partial charge in [0.05, 0.1) is 12.6 Å². The summed E-state index contributed by atoms with van der Waals surface area (Å²) in [7, 11) is 3.45. The summed E-state index contributed by atoms with van der Waals surface area (Å²) in [5.74, 6) is 0.804. The molecule has 0 unspecified atom stereocenters. The first kappa shape index (κ1) is 13.6. The first-order chi connectivity index (χ1) is 9.17. The van der Waals surface area contributed by atoms with Gasteiger partial charge in [-0.15, -0.1) is 0 Å². The Hall–Kier alpha value is -1.81. The lowest BCUT2D eigenvalue weighted by Crippen LogP contribution is -2.26. The van der Waals surface area contributed by atoms with Crippen LogP contribution in [0.3, 0.4) is 0 Å². The second-order valence-corrected chi connectivity index (χ2v) is 4.64. The number of pyridine rings is 1. The molecule has 0 aliphatic rings. The Morgan fingerprint density at radius 3 is 2.79 bits per heavy atom. The van der Waals surface area contributed by atoms with Gasteiger partial charge < -0.3 is 14.6 Å². The van der Waals surface area contributed by atoms with Crippen molar-refractivity contribution in [1.82, 2.24) is 9.88 Å². The van der Waals surface area contributed by atoms with Gasteiger partial charge in [0.15, 0.2) is 0 Å². The SMILES string of the molecule is CCCNCc1cc2cc(OC)ccc2n(C)c1=O. The molecular weight excluding hydrogens is 240 g/mol. The standard InChI is InChI=1S/C15H20N2O2/c1-4-7-16-10-12-8-11-9-13(19-3)5-6-14(11)17(2)15(12)18/h5-6,8-9,16H,4,7,10H2,1-3H3. The molecule has 4 nitrogen and oxygen atoms in total. The molecule has 0 bridgehead atoms. The summed E-state index contributed by atoms with van der Waals surface area (Å²) in [5.41, 5.74) is 1.77. The Kier molecular flexibility index (Phi) is 4.22. The zero-order chi connectivity index (χ0) is 13.8. The highest BCUT2D eigenvalue weighted by atomic mass is 16.5. The normalized spacial score (nSPS) is 10.9. The van der Waals surface area contributed by atoms with Crippen LogP contribution in [0.2, 0.25) is 0 Å². The van der Waals surface area contributed by atoms with Crippen molar-refractivity contribution in [2.75, 3.05) is 13.7 Å². The molecule has 4 heteroatoms. The second kappa shape index (κ2) is 5.89. The van der Waals surface area contributed by atoms with Crippen LogP contribution in [0.15, 0.2) is 29.1 Å². The van der Waals surface area contributed by atoms with Crippen molar-refractivity contribution >= 4 is 10.9 Å². The van der Waals surface area contributed by atoms with Crippen molar-refractivity contribution in [2.24, 2.45) is 7.05 Å². The maximum Gasteiger partial charge on any atom is 0.255 e. The van der Waals surface area contributed by atoms with Gasteiger partial charge in [-0.05, 0) is 37.2 Å². The van der Waals surface area contributed by atoms with Gasteiger partial charge in [-0.3, -0.25) is 4.79 Å². The summed E-state index contributed by atoms with van der Waals surface area (Å²) >= 11 is 0. The summed E-state index contributed by atoms with van der Waals surface area (Å²) in [4.78, 5) is 12.2. The van der Waals surface area contributed by atoms with Crippen LogP contribution in [-0.4, -0.2) is 18.2 Å². The predicted molar refractivity (Wildman–Crippen MR) is 77.7 cm³/mol. The summed E-state index contributed by atoms with van der Waals surface area (Å²) in [6.07, 6.45) is 1.06. The summed E-state index contributed by atoms with van der Waals surface area (Å²) in [5, 5.41) is 4.29. The molecule has 1 heterocycles. The number of hydrogen-bond acceptors (Lipinski definition) is 3. The van der Waals surface area contributed by atoms with E-state index in [1.807, 2.05) is 24.3 Å². The third kappa shape index (κ3) is 2.79. The van der Waals surface area contributed by atoms with Crippen molar-refractivity contribution in [3.8, 4) is 5.75 Å². The van der Waals surface area contributed by atoms with E-state index < -0.39 is 0 Å². The molecule has 0 atom stereocenters. The van der Waals surface area contributed by atoms with Crippen molar-refractivity contribution < 1.29 is 4.74 Å². The van der Waals surface area contributed by atoms with Crippen LogP contribution in [0.25, 0.3) is 10.9 Å². The highest BCUT2D eigenvalue weighted by Gasteiger charge is 2.07. The predicted octanol–water partition coefficient (Wildman–Crippen LogP) is 2.05. The van der Waals surface area contributed by atoms with E-state index >= 15 is 0 Å². The Morgan fingerprint density at radius 1 is 1.32 bits per heavy atom. The van der Waals surface area contributed by atoms with Crippen LogP contribution < -0.4 is 15.6 Å². The van der Waals surface area contributed by atoms with Crippen LogP contribution in [0.5, 0.6) is 5.75 Å². The van der Waals surface area contributed by atoms with E-state index in [1.165, 1.54) is 0 Å². The van der Waals surface area contributed by atoms with E-state index in [0.29, 0.717) is 6.54 Å². The van der Waals surface area contributed by atoms with E-state index in [9.17, 15) is 4.79 Å². The van der Waals surface area contributed by atoms with E-state index in [2.05, 4.69) is 12.2 Å². The van der Waals surface area contributed by atoms with Crippen molar-refractivity contribution in [3.05, 3.63) is 40.2 Å². The Balaban J connectivity index is 2.47. The average Bonchev–Trinajstić information content (AvgIpc) is 2.43. The van der Waals surface area contributed by atoms with E-state index in [-0.39, 0.29) is 5.56 Å². The number of rotatable bonds is 5. The number of methoxy groups -OCH3 is 1. The number of hydrogen-bond donors (Lipinski definition) is 1. The molecule has 1 N–H and O–H groups in total. The van der Waals surface area contributed by atoms with Crippen molar-refractivity contribution in [3.63, 3.8) is 0 Å². The molecule has 1 aromatic heterocycles. The molecule has 2 aromatic rings. The Labute approximate surface area is 113 Å². The van der Waals surface area contributed by atoms with Crippen molar-refractivity contribution in [2.45, 2.75) is 19.9 Å². The first-order valence-electron chi connectivity index (χ1n) is 6.54. The number of nitrogens with zero attached hydrogens (tertiary/aromatic N) is 1. The number of aromatic nitrogens is 1. The lowest BCUT2D eigenvalue weighted by atomic mass is 10.1. The van der Waals surface area contributed by atoms with Gasteiger partial charge >= 0.3 is 0 Å². The molecule has 0 radical (unpaired) electrons. The van der Waals surface area contributed by atoms with Crippen LogP contribution in [0.4, 0.5) is 0 Å². The highest BCUT2D eigenvalue weighted by molar-refractivity contribution is 5.81. The monoisotopic (exact) mass is 260 g/mol. The topological polar surface area (TPSA) is 43.3 Å². The fourth-order valence-electron chi connectivity index (χ4n) is 2.18. The highest BCUT2D eigenvalue weighted by Crippen LogP contribution is 2.19. The molecule has 0 aliphatic heterocycles. The van der Waals surface area contributed by atoms with Gasteiger partial charge in [0.1, 0.15) is 5.75 Å². The van der Waals surface area contributed by atoms with Gasteiger partial charge in [-0.25, -0.2) is 0 Å². The minimum Gasteiger partial charge on any atom is -0.497 e. The first-order valence-corrected chi connectivity index (χ1v) is 6.54. The molecule has 1 aromatic carbocycles. The molecule has 19 heavy (non-hydrogen) atoms.